The number of carbonyl (C=O) groups excluding carboxylic acids is 1. The number of ether oxygens (including phenoxy) is 2. The zero-order valence-corrected chi connectivity index (χ0v) is 23.8. The molecule has 4 rings (SSSR count). The summed E-state index contributed by atoms with van der Waals surface area (Å²) in [4.78, 5) is 27.8. The Bertz CT molecular complexity index is 1140. The van der Waals surface area contributed by atoms with Crippen LogP contribution < -0.4 is 24.6 Å². The molecule has 1 aliphatic carbocycles. The Morgan fingerprint density at radius 2 is 1.69 bits per heavy atom. The van der Waals surface area contributed by atoms with E-state index in [9.17, 15) is 4.79 Å². The van der Waals surface area contributed by atoms with Gasteiger partial charge in [-0.25, -0.2) is 18.6 Å². The molecule has 9 nitrogen and oxygen atoms in total. The normalized spacial score (nSPS) is 15.4. The summed E-state index contributed by atoms with van der Waals surface area (Å²) in [6, 6.07) is 1.56. The second-order valence-electron chi connectivity index (χ2n) is 10.7. The van der Waals surface area contributed by atoms with Crippen molar-refractivity contribution in [1.82, 2.24) is 14.9 Å². The molecule has 2 heterocycles. The number of anilines is 3. The summed E-state index contributed by atoms with van der Waals surface area (Å²) in [6.45, 7) is 10.6. The molecule has 0 saturated heterocycles. The van der Waals surface area contributed by atoms with E-state index in [0.717, 1.165) is 49.6 Å². The molecule has 39 heavy (non-hydrogen) atoms. The number of nitrogens with zero attached hydrogens (tertiary/aromatic N) is 5. The minimum Gasteiger partial charge on any atom is -0.493 e. The van der Waals surface area contributed by atoms with Gasteiger partial charge in [0.15, 0.2) is 23.1 Å². The van der Waals surface area contributed by atoms with Crippen molar-refractivity contribution in [2.24, 2.45) is 0 Å². The molecule has 1 aliphatic heterocycles. The number of halogens is 2. The molecule has 0 spiro atoms. The van der Waals surface area contributed by atoms with Gasteiger partial charge in [-0.1, -0.05) is 6.42 Å². The second kappa shape index (κ2) is 12.3. The van der Waals surface area contributed by atoms with Crippen LogP contribution in [-0.2, 0) is 6.54 Å². The number of benzene rings is 1. The zero-order chi connectivity index (χ0) is 28.3. The van der Waals surface area contributed by atoms with Gasteiger partial charge in [0.25, 0.3) is 0 Å². The highest BCUT2D eigenvalue weighted by atomic mass is 19.1. The van der Waals surface area contributed by atoms with E-state index in [2.05, 4.69) is 47.9 Å². The van der Waals surface area contributed by atoms with Crippen molar-refractivity contribution < 1.29 is 23.0 Å². The van der Waals surface area contributed by atoms with Crippen LogP contribution >= 0.6 is 0 Å². The lowest BCUT2D eigenvalue weighted by molar-refractivity contribution is 0.171. The molecule has 0 atom stereocenters. The molecule has 2 aliphatic rings. The van der Waals surface area contributed by atoms with Crippen LogP contribution in [0.5, 0.6) is 11.5 Å². The van der Waals surface area contributed by atoms with Crippen molar-refractivity contribution in [2.45, 2.75) is 84.5 Å². The van der Waals surface area contributed by atoms with Crippen molar-refractivity contribution in [3.05, 3.63) is 29.5 Å². The minimum absolute atomic E-state index is 0.0784. The fourth-order valence-electron chi connectivity index (χ4n) is 5.12. The van der Waals surface area contributed by atoms with Gasteiger partial charge in [0.2, 0.25) is 5.95 Å². The number of urea groups is 1. The Hall–Kier alpha value is -3.21. The first-order valence-corrected chi connectivity index (χ1v) is 13.7. The molecule has 2 amide bonds. The van der Waals surface area contributed by atoms with Crippen LogP contribution in [0.1, 0.15) is 65.4 Å². The number of methoxy groups -OCH3 is 2. The standard InChI is InChI=1S/C28H40F2N6O3/c1-17(2)34(18(3)4)13-9-7-8-12-31-27-32-15-19-16-35(28(37)36(20-10-11-20)26(19)33-27)25-23(29)21(38-5)14-22(39-6)24(25)30/h14-15,17-18,20H,7-13,16H2,1-6H3,(H,31,32,33). The average Bonchev–Trinajstić information content (AvgIpc) is 3.73. The second-order valence-corrected chi connectivity index (χ2v) is 10.7. The summed E-state index contributed by atoms with van der Waals surface area (Å²) >= 11 is 0. The Balaban J connectivity index is 1.47. The maximum Gasteiger partial charge on any atom is 0.330 e. The predicted octanol–water partition coefficient (Wildman–Crippen LogP) is 5.58. The summed E-state index contributed by atoms with van der Waals surface area (Å²) in [7, 11) is 2.55. The van der Waals surface area contributed by atoms with E-state index in [0.29, 0.717) is 36.0 Å². The molecule has 1 saturated carbocycles. The molecule has 11 heteroatoms. The number of fused-ring (bicyclic) bond motifs is 1. The molecule has 1 aromatic heterocycles. The third-order valence-electron chi connectivity index (χ3n) is 7.27. The van der Waals surface area contributed by atoms with E-state index >= 15 is 8.78 Å². The Labute approximate surface area is 229 Å². The monoisotopic (exact) mass is 546 g/mol. The van der Waals surface area contributed by atoms with Crippen LogP contribution in [0, 0.1) is 11.6 Å². The van der Waals surface area contributed by atoms with Gasteiger partial charge < -0.3 is 14.8 Å². The lowest BCUT2D eigenvalue weighted by Gasteiger charge is -2.36. The van der Waals surface area contributed by atoms with Crippen LogP contribution in [0.2, 0.25) is 0 Å². The molecule has 0 unspecified atom stereocenters. The fourth-order valence-corrected chi connectivity index (χ4v) is 5.12. The SMILES string of the molecule is COc1cc(OC)c(F)c(N2Cc3cnc(NCCCCCN(C(C)C)C(C)C)nc3N(C3CC3)C2=O)c1F. The largest absolute Gasteiger partial charge is 0.493 e. The first-order valence-electron chi connectivity index (χ1n) is 13.7. The molecule has 1 fully saturated rings. The number of aromatic nitrogens is 2. The number of carbonyl (C=O) groups is 1. The van der Waals surface area contributed by atoms with Crippen LogP contribution in [0.3, 0.4) is 0 Å². The van der Waals surface area contributed by atoms with Crippen molar-refractivity contribution in [1.29, 1.82) is 0 Å². The number of amides is 2. The first-order chi connectivity index (χ1) is 18.7. The molecular formula is C28H40F2N6O3. The smallest absolute Gasteiger partial charge is 0.330 e. The van der Waals surface area contributed by atoms with Gasteiger partial charge in [-0.2, -0.15) is 4.98 Å². The molecule has 0 radical (unpaired) electrons. The van der Waals surface area contributed by atoms with Crippen LogP contribution in [-0.4, -0.2) is 66.3 Å². The van der Waals surface area contributed by atoms with Crippen LogP contribution in [0.25, 0.3) is 0 Å². The zero-order valence-electron chi connectivity index (χ0n) is 23.8. The molecule has 1 N–H and O–H groups in total. The molecule has 0 bridgehead atoms. The van der Waals surface area contributed by atoms with Gasteiger partial charge >= 0.3 is 6.03 Å². The molecule has 214 valence electrons. The van der Waals surface area contributed by atoms with E-state index in [1.54, 1.807) is 6.20 Å². The summed E-state index contributed by atoms with van der Waals surface area (Å²) in [5.74, 6) is -1.43. The van der Waals surface area contributed by atoms with E-state index < -0.39 is 23.4 Å². The van der Waals surface area contributed by atoms with Crippen molar-refractivity contribution in [3.8, 4) is 11.5 Å². The first kappa shape index (κ1) is 28.8. The van der Waals surface area contributed by atoms with Crippen molar-refractivity contribution >= 4 is 23.5 Å². The van der Waals surface area contributed by atoms with E-state index in [1.807, 2.05) is 0 Å². The fraction of sp³-hybridized carbons (Fsp3) is 0.607. The molecule has 1 aromatic carbocycles. The van der Waals surface area contributed by atoms with Crippen molar-refractivity contribution in [2.75, 3.05) is 42.4 Å². The molecular weight excluding hydrogens is 506 g/mol. The van der Waals surface area contributed by atoms with Crippen molar-refractivity contribution in [3.63, 3.8) is 0 Å². The Morgan fingerprint density at radius 3 is 2.26 bits per heavy atom. The number of rotatable bonds is 13. The Morgan fingerprint density at radius 1 is 1.05 bits per heavy atom. The van der Waals surface area contributed by atoms with Gasteiger partial charge in [0, 0.05) is 42.5 Å². The summed E-state index contributed by atoms with van der Waals surface area (Å²) < 4.78 is 40.7. The third-order valence-corrected chi connectivity index (χ3v) is 7.27. The average molecular weight is 547 g/mol. The quantitative estimate of drug-likeness (QED) is 0.328. The summed E-state index contributed by atoms with van der Waals surface area (Å²) in [6.07, 6.45) is 6.38. The van der Waals surface area contributed by atoms with Gasteiger partial charge in [-0.15, -0.1) is 0 Å². The third kappa shape index (κ3) is 6.18. The maximum atomic E-state index is 15.3. The lowest BCUT2D eigenvalue weighted by atomic mass is 10.1. The van der Waals surface area contributed by atoms with Crippen LogP contribution in [0.4, 0.5) is 31.0 Å². The van der Waals surface area contributed by atoms with Gasteiger partial charge in [-0.3, -0.25) is 14.7 Å². The van der Waals surface area contributed by atoms with Gasteiger partial charge in [0.05, 0.1) is 20.8 Å². The van der Waals surface area contributed by atoms with Crippen LogP contribution in [0.15, 0.2) is 12.3 Å². The highest BCUT2D eigenvalue weighted by Gasteiger charge is 2.44. The summed E-state index contributed by atoms with van der Waals surface area (Å²) in [5, 5.41) is 3.27. The number of hydrogen-bond donors (Lipinski definition) is 1. The van der Waals surface area contributed by atoms with Gasteiger partial charge in [-0.05, 0) is 59.9 Å². The number of nitrogens with one attached hydrogen (secondary N) is 1. The Kier molecular flexibility index (Phi) is 9.09. The predicted molar refractivity (Wildman–Crippen MR) is 148 cm³/mol. The molecule has 2 aromatic rings. The van der Waals surface area contributed by atoms with Gasteiger partial charge in [0.1, 0.15) is 11.5 Å². The topological polar surface area (TPSA) is 83.1 Å². The van der Waals surface area contributed by atoms with E-state index in [4.69, 9.17) is 9.47 Å². The summed E-state index contributed by atoms with van der Waals surface area (Å²) in [5.41, 5.74) is 0.0956. The number of hydrogen-bond acceptors (Lipinski definition) is 7. The minimum atomic E-state index is -0.965. The number of unbranched alkanes of at least 4 members (excludes halogenated alkanes) is 2. The van der Waals surface area contributed by atoms with E-state index in [1.165, 1.54) is 19.1 Å². The highest BCUT2D eigenvalue weighted by molar-refractivity contribution is 6.06. The maximum absolute atomic E-state index is 15.3. The lowest BCUT2D eigenvalue weighted by Crippen LogP contribution is -2.49. The highest BCUT2D eigenvalue weighted by Crippen LogP contribution is 2.43. The van der Waals surface area contributed by atoms with E-state index in [-0.39, 0.29) is 24.1 Å².